The molecule has 3 heteroatoms. The smallest absolute Gasteiger partial charge is 0.193 e. The number of aryl methyl sites for hydroxylation is 1. The second-order valence-corrected chi connectivity index (χ2v) is 4.72. The van der Waals surface area contributed by atoms with Crippen molar-refractivity contribution < 1.29 is 9.18 Å². The highest BCUT2D eigenvalue weighted by Crippen LogP contribution is 2.16. The van der Waals surface area contributed by atoms with Crippen LogP contribution in [0.15, 0.2) is 46.9 Å². The molecule has 2 aromatic rings. The topological polar surface area (TPSA) is 17.1 Å². The molecule has 2 rings (SSSR count). The van der Waals surface area contributed by atoms with Crippen LogP contribution in [0.1, 0.15) is 21.5 Å². The summed E-state index contributed by atoms with van der Waals surface area (Å²) in [5, 5.41) is 0. The Labute approximate surface area is 107 Å². The van der Waals surface area contributed by atoms with Gasteiger partial charge in [-0.05, 0) is 42.8 Å². The number of hydrogen-bond acceptors (Lipinski definition) is 1. The van der Waals surface area contributed by atoms with E-state index in [0.717, 1.165) is 4.47 Å². The lowest BCUT2D eigenvalue weighted by molar-refractivity contribution is 0.103. The fourth-order valence-corrected chi connectivity index (χ4v) is 1.77. The third kappa shape index (κ3) is 2.61. The summed E-state index contributed by atoms with van der Waals surface area (Å²) in [6.45, 7) is 1.67. The molecule has 0 spiro atoms. The lowest BCUT2D eigenvalue weighted by atomic mass is 10.0. The molecule has 0 amide bonds. The van der Waals surface area contributed by atoms with Crippen LogP contribution in [0, 0.1) is 12.7 Å². The number of halogens is 2. The first-order valence-corrected chi connectivity index (χ1v) is 5.93. The monoisotopic (exact) mass is 292 g/mol. The average molecular weight is 293 g/mol. The molecule has 1 nitrogen and oxygen atoms in total. The molecule has 0 saturated carbocycles. The van der Waals surface area contributed by atoms with Crippen LogP contribution in [-0.4, -0.2) is 5.78 Å². The number of carbonyl (C=O) groups excluding carboxylic acids is 1. The summed E-state index contributed by atoms with van der Waals surface area (Å²) < 4.78 is 14.3. The van der Waals surface area contributed by atoms with E-state index in [9.17, 15) is 9.18 Å². The molecule has 0 aromatic heterocycles. The van der Waals surface area contributed by atoms with E-state index in [1.165, 1.54) is 6.07 Å². The molecule has 0 aliphatic rings. The lowest BCUT2D eigenvalue weighted by Crippen LogP contribution is -2.02. The van der Waals surface area contributed by atoms with E-state index in [-0.39, 0.29) is 11.6 Å². The minimum Gasteiger partial charge on any atom is -0.289 e. The first kappa shape index (κ1) is 12.0. The molecular formula is C14H10BrFO. The van der Waals surface area contributed by atoms with Crippen molar-refractivity contribution in [2.75, 3.05) is 0 Å². The zero-order chi connectivity index (χ0) is 12.4. The van der Waals surface area contributed by atoms with Gasteiger partial charge in [-0.25, -0.2) is 4.39 Å². The van der Waals surface area contributed by atoms with Crippen molar-refractivity contribution in [2.45, 2.75) is 6.92 Å². The van der Waals surface area contributed by atoms with Crippen LogP contribution in [0.5, 0.6) is 0 Å². The second kappa shape index (κ2) is 4.80. The van der Waals surface area contributed by atoms with Gasteiger partial charge in [-0.3, -0.25) is 4.79 Å². The van der Waals surface area contributed by atoms with Crippen LogP contribution in [0.2, 0.25) is 0 Å². The number of ketones is 1. The summed E-state index contributed by atoms with van der Waals surface area (Å²) in [6.07, 6.45) is 0. The fraction of sp³-hybridized carbons (Fsp3) is 0.0714. The van der Waals surface area contributed by atoms with Crippen LogP contribution in [0.3, 0.4) is 0 Å². The third-order valence-electron chi connectivity index (χ3n) is 2.54. The molecule has 0 heterocycles. The second-order valence-electron chi connectivity index (χ2n) is 3.80. The Morgan fingerprint density at radius 1 is 1.06 bits per heavy atom. The van der Waals surface area contributed by atoms with Gasteiger partial charge >= 0.3 is 0 Å². The number of hydrogen-bond donors (Lipinski definition) is 0. The van der Waals surface area contributed by atoms with Crippen molar-refractivity contribution >= 4 is 21.7 Å². The highest BCUT2D eigenvalue weighted by atomic mass is 79.9. The summed E-state index contributed by atoms with van der Waals surface area (Å²) in [7, 11) is 0. The highest BCUT2D eigenvalue weighted by molar-refractivity contribution is 9.10. The molecule has 86 valence electrons. The molecule has 0 fully saturated rings. The number of rotatable bonds is 2. The van der Waals surface area contributed by atoms with Crippen LogP contribution in [-0.2, 0) is 0 Å². The van der Waals surface area contributed by atoms with Crippen LogP contribution >= 0.6 is 15.9 Å². The van der Waals surface area contributed by atoms with Gasteiger partial charge < -0.3 is 0 Å². The minimum absolute atomic E-state index is 0.170. The quantitative estimate of drug-likeness (QED) is 0.761. The lowest BCUT2D eigenvalue weighted by Gasteiger charge is -2.03. The molecule has 0 atom stereocenters. The molecule has 17 heavy (non-hydrogen) atoms. The van der Waals surface area contributed by atoms with Gasteiger partial charge in [0.2, 0.25) is 0 Å². The molecule has 0 bridgehead atoms. The van der Waals surface area contributed by atoms with E-state index in [0.29, 0.717) is 16.7 Å². The standard InChI is InChI=1S/C14H10BrFO/c1-9-2-3-11(8-13(9)16)14(17)10-4-6-12(15)7-5-10/h2-8H,1H3. The predicted molar refractivity (Wildman–Crippen MR) is 68.7 cm³/mol. The first-order chi connectivity index (χ1) is 8.08. The minimum atomic E-state index is -0.354. The van der Waals surface area contributed by atoms with Crippen LogP contribution in [0.4, 0.5) is 4.39 Å². The van der Waals surface area contributed by atoms with E-state index in [1.54, 1.807) is 43.3 Å². The Morgan fingerprint density at radius 2 is 1.65 bits per heavy atom. The van der Waals surface area contributed by atoms with Gasteiger partial charge in [-0.1, -0.05) is 28.1 Å². The summed E-state index contributed by atoms with van der Waals surface area (Å²) in [6, 6.07) is 11.5. The van der Waals surface area contributed by atoms with Gasteiger partial charge in [0.1, 0.15) is 5.82 Å². The maximum absolute atomic E-state index is 13.4. The van der Waals surface area contributed by atoms with Crippen molar-refractivity contribution in [1.29, 1.82) is 0 Å². The predicted octanol–water partition coefficient (Wildman–Crippen LogP) is 4.13. The maximum atomic E-state index is 13.4. The van der Waals surface area contributed by atoms with Crippen molar-refractivity contribution in [3.05, 3.63) is 69.4 Å². The van der Waals surface area contributed by atoms with E-state index >= 15 is 0 Å². The average Bonchev–Trinajstić information content (AvgIpc) is 2.33. The molecule has 0 saturated heterocycles. The van der Waals surface area contributed by atoms with Crippen molar-refractivity contribution in [2.24, 2.45) is 0 Å². The summed E-state index contributed by atoms with van der Waals surface area (Å²) in [5.74, 6) is -0.524. The molecule has 2 aromatic carbocycles. The Kier molecular flexibility index (Phi) is 3.38. The Balaban J connectivity index is 2.37. The molecule has 0 radical (unpaired) electrons. The van der Waals surface area contributed by atoms with Crippen molar-refractivity contribution in [1.82, 2.24) is 0 Å². The van der Waals surface area contributed by atoms with Gasteiger partial charge in [0, 0.05) is 15.6 Å². The Morgan fingerprint density at radius 3 is 2.24 bits per heavy atom. The van der Waals surface area contributed by atoms with Gasteiger partial charge in [0.25, 0.3) is 0 Å². The Hall–Kier alpha value is -1.48. The maximum Gasteiger partial charge on any atom is 0.193 e. The third-order valence-corrected chi connectivity index (χ3v) is 3.07. The normalized spacial score (nSPS) is 10.3. The van der Waals surface area contributed by atoms with Gasteiger partial charge in [-0.2, -0.15) is 0 Å². The highest BCUT2D eigenvalue weighted by Gasteiger charge is 2.10. The molecule has 0 N–H and O–H groups in total. The van der Waals surface area contributed by atoms with Crippen LogP contribution in [0.25, 0.3) is 0 Å². The molecule has 0 aliphatic heterocycles. The van der Waals surface area contributed by atoms with E-state index in [1.807, 2.05) is 0 Å². The molecule has 0 aliphatic carbocycles. The van der Waals surface area contributed by atoms with Crippen molar-refractivity contribution in [3.63, 3.8) is 0 Å². The number of benzene rings is 2. The summed E-state index contributed by atoms with van der Waals surface area (Å²) in [5.41, 5.74) is 1.46. The number of carbonyl (C=O) groups is 1. The SMILES string of the molecule is Cc1ccc(C(=O)c2ccc(Br)cc2)cc1F. The molecule has 0 unspecified atom stereocenters. The van der Waals surface area contributed by atoms with Gasteiger partial charge in [-0.15, -0.1) is 0 Å². The summed E-state index contributed by atoms with van der Waals surface area (Å²) >= 11 is 3.30. The fourth-order valence-electron chi connectivity index (χ4n) is 1.50. The van der Waals surface area contributed by atoms with E-state index in [4.69, 9.17) is 0 Å². The van der Waals surface area contributed by atoms with Crippen molar-refractivity contribution in [3.8, 4) is 0 Å². The van der Waals surface area contributed by atoms with Crippen LogP contribution < -0.4 is 0 Å². The van der Waals surface area contributed by atoms with E-state index in [2.05, 4.69) is 15.9 Å². The Bertz CT molecular complexity index is 561. The largest absolute Gasteiger partial charge is 0.289 e. The zero-order valence-electron chi connectivity index (χ0n) is 9.21. The van der Waals surface area contributed by atoms with E-state index < -0.39 is 0 Å². The first-order valence-electron chi connectivity index (χ1n) is 5.14. The van der Waals surface area contributed by atoms with Gasteiger partial charge in [0.15, 0.2) is 5.78 Å². The summed E-state index contributed by atoms with van der Waals surface area (Å²) in [4.78, 5) is 12.0. The van der Waals surface area contributed by atoms with Gasteiger partial charge in [0.05, 0.1) is 0 Å². The molecular weight excluding hydrogens is 283 g/mol. The zero-order valence-corrected chi connectivity index (χ0v) is 10.8.